The maximum Gasteiger partial charge on any atom is 0.236 e. The predicted octanol–water partition coefficient (Wildman–Crippen LogP) is 2.34. The van der Waals surface area contributed by atoms with Crippen molar-refractivity contribution in [3.8, 4) is 17.3 Å². The minimum atomic E-state index is -3.34. The summed E-state index contributed by atoms with van der Waals surface area (Å²) in [6, 6.07) is 7.04. The molecule has 3 aromatic rings. The maximum absolute atomic E-state index is 12.2. The van der Waals surface area contributed by atoms with Crippen LogP contribution in [0, 0.1) is 11.3 Å². The standard InChI is InChI=1S/C21H22N6O3S/c1-31(29,30)15-4-5-18(24-11-15)17-12-25-21-16(7-9-23-21)20(17)26-14-3-2-10-27(13-14)19(28)6-8-22/h4-5,7,9,11-12,14H,2-3,6,10,13H2,1H3,(H2,23,25,26)/t14-/m1/s1. The monoisotopic (exact) mass is 438 g/mol. The summed E-state index contributed by atoms with van der Waals surface area (Å²) >= 11 is 0. The number of nitriles is 1. The van der Waals surface area contributed by atoms with Gasteiger partial charge in [0.1, 0.15) is 12.1 Å². The van der Waals surface area contributed by atoms with Crippen LogP contribution in [-0.4, -0.2) is 59.6 Å². The molecule has 1 fully saturated rings. The molecule has 1 atom stereocenters. The van der Waals surface area contributed by atoms with E-state index in [0.29, 0.717) is 24.4 Å². The summed E-state index contributed by atoms with van der Waals surface area (Å²) in [5, 5.41) is 13.3. The zero-order valence-corrected chi connectivity index (χ0v) is 17.8. The molecule has 0 spiro atoms. The third-order valence-electron chi connectivity index (χ3n) is 5.38. The topological polar surface area (TPSA) is 132 Å². The predicted molar refractivity (Wildman–Crippen MR) is 116 cm³/mol. The summed E-state index contributed by atoms with van der Waals surface area (Å²) in [6.07, 6.45) is 7.59. The van der Waals surface area contributed by atoms with E-state index in [0.717, 1.165) is 35.7 Å². The van der Waals surface area contributed by atoms with Crippen molar-refractivity contribution >= 4 is 32.5 Å². The number of carbonyl (C=O) groups excluding carboxylic acids is 1. The fraction of sp³-hybridized carbons (Fsp3) is 0.333. The third kappa shape index (κ3) is 4.36. The van der Waals surface area contributed by atoms with Gasteiger partial charge in [0, 0.05) is 54.9 Å². The number of aromatic amines is 1. The molecular formula is C21H22N6O3S. The molecule has 4 heterocycles. The number of likely N-dealkylation sites (tertiary alicyclic amines) is 1. The van der Waals surface area contributed by atoms with E-state index in [2.05, 4.69) is 20.3 Å². The van der Waals surface area contributed by atoms with Crippen molar-refractivity contribution in [3.63, 3.8) is 0 Å². The highest BCUT2D eigenvalue weighted by atomic mass is 32.2. The molecule has 10 heteroatoms. The number of sulfone groups is 1. The molecule has 1 aliphatic rings. The lowest BCUT2D eigenvalue weighted by Gasteiger charge is -2.34. The van der Waals surface area contributed by atoms with Crippen LogP contribution in [0.15, 0.2) is 41.7 Å². The zero-order chi connectivity index (χ0) is 22.0. The Morgan fingerprint density at radius 3 is 2.87 bits per heavy atom. The number of amides is 1. The van der Waals surface area contributed by atoms with Crippen LogP contribution in [0.5, 0.6) is 0 Å². The number of hydrogen-bond acceptors (Lipinski definition) is 7. The van der Waals surface area contributed by atoms with Crippen molar-refractivity contribution in [3.05, 3.63) is 36.8 Å². The van der Waals surface area contributed by atoms with Crippen LogP contribution in [0.2, 0.25) is 0 Å². The second kappa shape index (κ2) is 8.35. The highest BCUT2D eigenvalue weighted by Crippen LogP contribution is 2.34. The second-order valence-electron chi connectivity index (χ2n) is 7.60. The number of H-pyrrole nitrogens is 1. The van der Waals surface area contributed by atoms with Gasteiger partial charge in [0.25, 0.3) is 0 Å². The quantitative estimate of drug-likeness (QED) is 0.625. The van der Waals surface area contributed by atoms with Crippen molar-refractivity contribution in [2.45, 2.75) is 30.2 Å². The Kier molecular flexibility index (Phi) is 5.61. The second-order valence-corrected chi connectivity index (χ2v) is 9.61. The number of anilines is 1. The van der Waals surface area contributed by atoms with Crippen molar-refractivity contribution in [2.75, 3.05) is 24.7 Å². The van der Waals surface area contributed by atoms with Crippen LogP contribution >= 0.6 is 0 Å². The molecule has 3 aromatic heterocycles. The number of carbonyl (C=O) groups is 1. The Balaban J connectivity index is 1.68. The Morgan fingerprint density at radius 1 is 1.32 bits per heavy atom. The van der Waals surface area contributed by atoms with Crippen LogP contribution in [0.3, 0.4) is 0 Å². The Labute approximate surface area is 180 Å². The lowest BCUT2D eigenvalue weighted by Crippen LogP contribution is -2.45. The molecule has 2 N–H and O–H groups in total. The van der Waals surface area contributed by atoms with E-state index in [9.17, 15) is 13.2 Å². The maximum atomic E-state index is 12.2. The molecule has 1 amide bonds. The average Bonchev–Trinajstić information content (AvgIpc) is 3.23. The number of piperidine rings is 1. The van der Waals surface area contributed by atoms with Gasteiger partial charge in [-0.15, -0.1) is 0 Å². The molecule has 0 saturated carbocycles. The van der Waals surface area contributed by atoms with Gasteiger partial charge in [0.15, 0.2) is 9.84 Å². The molecule has 31 heavy (non-hydrogen) atoms. The molecule has 1 saturated heterocycles. The van der Waals surface area contributed by atoms with E-state index in [1.165, 1.54) is 12.3 Å². The van der Waals surface area contributed by atoms with Gasteiger partial charge >= 0.3 is 0 Å². The number of pyridine rings is 2. The van der Waals surface area contributed by atoms with E-state index in [4.69, 9.17) is 5.26 Å². The molecule has 1 aliphatic heterocycles. The number of nitrogens with one attached hydrogen (secondary N) is 2. The van der Waals surface area contributed by atoms with Crippen molar-refractivity contribution in [1.29, 1.82) is 5.26 Å². The summed E-state index contributed by atoms with van der Waals surface area (Å²) < 4.78 is 23.5. The SMILES string of the molecule is CS(=O)(=O)c1ccc(-c2cnc3[nH]ccc3c2N[C@@H]2CCCN(C(=O)CC#N)C2)nc1. The normalized spacial score (nSPS) is 16.8. The highest BCUT2D eigenvalue weighted by Gasteiger charge is 2.25. The summed E-state index contributed by atoms with van der Waals surface area (Å²) in [5.74, 6) is -0.159. The summed E-state index contributed by atoms with van der Waals surface area (Å²) in [4.78, 5) is 26.0. The summed E-state index contributed by atoms with van der Waals surface area (Å²) in [6.45, 7) is 1.16. The molecule has 160 valence electrons. The zero-order valence-electron chi connectivity index (χ0n) is 17.0. The minimum absolute atomic E-state index is 0.00550. The van der Waals surface area contributed by atoms with Crippen molar-refractivity contribution < 1.29 is 13.2 Å². The Morgan fingerprint density at radius 2 is 2.16 bits per heavy atom. The van der Waals surface area contributed by atoms with Crippen LogP contribution < -0.4 is 5.32 Å². The first-order valence-corrected chi connectivity index (χ1v) is 11.8. The first kappa shape index (κ1) is 20.8. The van der Waals surface area contributed by atoms with Crippen LogP contribution in [0.4, 0.5) is 5.69 Å². The molecule has 9 nitrogen and oxygen atoms in total. The minimum Gasteiger partial charge on any atom is -0.379 e. The molecule has 0 unspecified atom stereocenters. The fourth-order valence-corrected chi connectivity index (χ4v) is 4.38. The first-order chi connectivity index (χ1) is 14.9. The first-order valence-electron chi connectivity index (χ1n) is 9.90. The van der Waals surface area contributed by atoms with Gasteiger partial charge in [-0.25, -0.2) is 13.4 Å². The van der Waals surface area contributed by atoms with Crippen LogP contribution in [0.25, 0.3) is 22.3 Å². The fourth-order valence-electron chi connectivity index (χ4n) is 3.82. The molecule has 0 radical (unpaired) electrons. The third-order valence-corrected chi connectivity index (χ3v) is 6.48. The van der Waals surface area contributed by atoms with Crippen molar-refractivity contribution in [2.24, 2.45) is 0 Å². The van der Waals surface area contributed by atoms with E-state index in [1.807, 2.05) is 12.1 Å². The number of hydrogen-bond donors (Lipinski definition) is 2. The number of nitrogens with zero attached hydrogens (tertiary/aromatic N) is 4. The van der Waals surface area contributed by atoms with Gasteiger partial charge < -0.3 is 15.2 Å². The summed E-state index contributed by atoms with van der Waals surface area (Å²) in [5.41, 5.74) is 2.88. The lowest BCUT2D eigenvalue weighted by atomic mass is 10.0. The van der Waals surface area contributed by atoms with Crippen LogP contribution in [0.1, 0.15) is 19.3 Å². The Hall–Kier alpha value is -3.45. The molecule has 0 aliphatic carbocycles. The van der Waals surface area contributed by atoms with Gasteiger partial charge in [-0.1, -0.05) is 0 Å². The van der Waals surface area contributed by atoms with Gasteiger partial charge in [-0.3, -0.25) is 9.78 Å². The van der Waals surface area contributed by atoms with E-state index in [-0.39, 0.29) is 23.3 Å². The average molecular weight is 439 g/mol. The van der Waals surface area contributed by atoms with E-state index >= 15 is 0 Å². The number of rotatable bonds is 5. The largest absolute Gasteiger partial charge is 0.379 e. The number of aromatic nitrogens is 3. The molecule has 0 aromatic carbocycles. The molecular weight excluding hydrogens is 416 g/mol. The van der Waals surface area contributed by atoms with Gasteiger partial charge in [-0.2, -0.15) is 5.26 Å². The van der Waals surface area contributed by atoms with Crippen LogP contribution in [-0.2, 0) is 14.6 Å². The summed E-state index contributed by atoms with van der Waals surface area (Å²) in [7, 11) is -3.34. The highest BCUT2D eigenvalue weighted by molar-refractivity contribution is 7.90. The van der Waals surface area contributed by atoms with Gasteiger partial charge in [0.05, 0.1) is 22.3 Å². The Bertz CT molecular complexity index is 1260. The molecule has 0 bridgehead atoms. The van der Waals surface area contributed by atoms with Gasteiger partial charge in [-0.05, 0) is 31.0 Å². The van der Waals surface area contributed by atoms with E-state index in [1.54, 1.807) is 23.4 Å². The molecule has 4 rings (SSSR count). The van der Waals surface area contributed by atoms with Crippen molar-refractivity contribution in [1.82, 2.24) is 19.9 Å². The smallest absolute Gasteiger partial charge is 0.236 e. The van der Waals surface area contributed by atoms with Gasteiger partial charge in [0.2, 0.25) is 5.91 Å². The lowest BCUT2D eigenvalue weighted by molar-refractivity contribution is -0.131. The van der Waals surface area contributed by atoms with E-state index < -0.39 is 9.84 Å². The number of fused-ring (bicyclic) bond motifs is 1.